The minimum Gasteiger partial charge on any atom is -0.422 e. The Morgan fingerprint density at radius 3 is 2.45 bits per heavy atom. The third kappa shape index (κ3) is 4.42. The van der Waals surface area contributed by atoms with Crippen molar-refractivity contribution in [1.82, 2.24) is 4.98 Å². The quantitative estimate of drug-likeness (QED) is 0.199. The van der Waals surface area contributed by atoms with Gasteiger partial charge in [0.1, 0.15) is 11.4 Å². The highest BCUT2D eigenvalue weighted by Gasteiger charge is 2.28. The summed E-state index contributed by atoms with van der Waals surface area (Å²) in [5.41, 5.74) is 0.211. The average molecular weight is 416 g/mol. The first-order valence-corrected chi connectivity index (χ1v) is 10.6. The van der Waals surface area contributed by atoms with E-state index in [4.69, 9.17) is 9.26 Å². The molecule has 0 saturated carbocycles. The van der Waals surface area contributed by atoms with Gasteiger partial charge in [-0.05, 0) is 43.3 Å². The molecular formula is C19H17N2O7P. The largest absolute Gasteiger partial charge is 0.422 e. The number of carbonyl (C=O) groups is 2. The SMILES string of the molecule is CCOP(C)(=O)C(=O)c1ccc2[nH]c(C(=O)Oc3ccc([N+](=O)[O-])cc3)cc2c1. The first-order chi connectivity index (χ1) is 13.7. The zero-order valence-electron chi connectivity index (χ0n) is 15.6. The van der Waals surface area contributed by atoms with Gasteiger partial charge in [0.05, 0.1) is 11.5 Å². The Hall–Kier alpha value is -3.29. The number of nitrogens with one attached hydrogen (secondary N) is 1. The standard InChI is InChI=1S/C19H17N2O7P/c1-3-27-29(2,26)19(23)12-4-9-16-13(10-12)11-17(20-16)18(22)28-15-7-5-14(6-8-15)21(24)25/h4-11,20H,3H2,1-2H3. The number of hydrogen-bond donors (Lipinski definition) is 1. The molecular weight excluding hydrogens is 399 g/mol. The summed E-state index contributed by atoms with van der Waals surface area (Å²) in [6, 6.07) is 11.2. The topological polar surface area (TPSA) is 129 Å². The van der Waals surface area contributed by atoms with Crippen molar-refractivity contribution in [3.8, 4) is 5.75 Å². The summed E-state index contributed by atoms with van der Waals surface area (Å²) in [4.78, 5) is 37.8. The van der Waals surface area contributed by atoms with Crippen molar-refractivity contribution in [2.45, 2.75) is 6.92 Å². The van der Waals surface area contributed by atoms with E-state index in [0.29, 0.717) is 10.9 Å². The van der Waals surface area contributed by atoms with E-state index in [1.54, 1.807) is 13.0 Å². The minimum atomic E-state index is -3.44. The molecule has 3 aromatic rings. The number of hydrogen-bond acceptors (Lipinski definition) is 7. The monoisotopic (exact) mass is 416 g/mol. The fourth-order valence-corrected chi connectivity index (χ4v) is 3.93. The van der Waals surface area contributed by atoms with Gasteiger partial charge >= 0.3 is 5.97 Å². The lowest BCUT2D eigenvalue weighted by atomic mass is 10.2. The smallest absolute Gasteiger partial charge is 0.360 e. The number of ether oxygens (including phenoxy) is 1. The van der Waals surface area contributed by atoms with Crippen LogP contribution in [-0.2, 0) is 9.09 Å². The van der Waals surface area contributed by atoms with Gasteiger partial charge in [-0.3, -0.25) is 19.5 Å². The maximum Gasteiger partial charge on any atom is 0.360 e. The Kier molecular flexibility index (Phi) is 5.63. The molecule has 1 atom stereocenters. The molecule has 0 aliphatic carbocycles. The number of non-ortho nitro benzene ring substituents is 1. The van der Waals surface area contributed by atoms with Crippen molar-refractivity contribution in [3.63, 3.8) is 0 Å². The number of fused-ring (bicyclic) bond motifs is 1. The van der Waals surface area contributed by atoms with Crippen molar-refractivity contribution in [2.24, 2.45) is 0 Å². The maximum absolute atomic E-state index is 12.4. The van der Waals surface area contributed by atoms with E-state index in [1.807, 2.05) is 0 Å². The second-order valence-corrected chi connectivity index (χ2v) is 8.55. The van der Waals surface area contributed by atoms with Gasteiger partial charge in [-0.1, -0.05) is 0 Å². The molecule has 0 aliphatic rings. The Bertz CT molecular complexity index is 1150. The van der Waals surface area contributed by atoms with E-state index in [-0.39, 0.29) is 29.3 Å². The number of nitro groups is 1. The van der Waals surface area contributed by atoms with Crippen molar-refractivity contribution in [2.75, 3.05) is 13.3 Å². The van der Waals surface area contributed by atoms with E-state index in [9.17, 15) is 24.3 Å². The number of esters is 1. The maximum atomic E-state index is 12.4. The highest BCUT2D eigenvalue weighted by atomic mass is 31.2. The molecule has 1 heterocycles. The summed E-state index contributed by atoms with van der Waals surface area (Å²) in [7, 11) is -3.44. The molecule has 0 fully saturated rings. The Balaban J connectivity index is 1.82. The molecule has 0 amide bonds. The van der Waals surface area contributed by atoms with Gasteiger partial charge in [-0.15, -0.1) is 0 Å². The molecule has 0 radical (unpaired) electrons. The van der Waals surface area contributed by atoms with Crippen LogP contribution >= 0.6 is 7.37 Å². The molecule has 0 bridgehead atoms. The Morgan fingerprint density at radius 2 is 1.83 bits per heavy atom. The molecule has 0 aliphatic heterocycles. The number of carbonyl (C=O) groups excluding carboxylic acids is 2. The van der Waals surface area contributed by atoms with Crippen LogP contribution in [0.3, 0.4) is 0 Å². The van der Waals surface area contributed by atoms with Gasteiger partial charge < -0.3 is 14.2 Å². The molecule has 0 spiro atoms. The summed E-state index contributed by atoms with van der Waals surface area (Å²) in [5, 5.41) is 11.2. The third-order valence-corrected chi connectivity index (χ3v) is 5.84. The number of nitrogens with zero attached hydrogens (tertiary/aromatic N) is 1. The van der Waals surface area contributed by atoms with Crippen LogP contribution in [0.15, 0.2) is 48.5 Å². The number of nitro benzene ring substituents is 1. The molecule has 10 heteroatoms. The lowest BCUT2D eigenvalue weighted by Crippen LogP contribution is -2.08. The van der Waals surface area contributed by atoms with E-state index in [0.717, 1.165) is 0 Å². The van der Waals surface area contributed by atoms with Crippen LogP contribution in [0.5, 0.6) is 5.75 Å². The van der Waals surface area contributed by atoms with Crippen LogP contribution in [0.1, 0.15) is 27.8 Å². The zero-order valence-corrected chi connectivity index (χ0v) is 16.5. The van der Waals surface area contributed by atoms with E-state index < -0.39 is 23.8 Å². The highest BCUT2D eigenvalue weighted by molar-refractivity contribution is 7.76. The zero-order chi connectivity index (χ0) is 21.2. The molecule has 3 rings (SSSR count). The summed E-state index contributed by atoms with van der Waals surface area (Å²) < 4.78 is 22.6. The summed E-state index contributed by atoms with van der Waals surface area (Å²) in [5.74, 6) is -0.544. The minimum absolute atomic E-state index is 0.118. The second kappa shape index (κ2) is 7.98. The highest BCUT2D eigenvalue weighted by Crippen LogP contribution is 2.46. The van der Waals surface area contributed by atoms with Gasteiger partial charge in [-0.25, -0.2) is 4.79 Å². The number of rotatable bonds is 7. The molecule has 1 unspecified atom stereocenters. The Morgan fingerprint density at radius 1 is 1.14 bits per heavy atom. The van der Waals surface area contributed by atoms with Crippen LogP contribution in [0.2, 0.25) is 0 Å². The fourth-order valence-electron chi connectivity index (χ4n) is 2.71. The predicted octanol–water partition coefficient (Wildman–Crippen LogP) is 4.38. The number of aromatic nitrogens is 1. The van der Waals surface area contributed by atoms with Gasteiger partial charge in [0, 0.05) is 35.3 Å². The molecule has 0 saturated heterocycles. The average Bonchev–Trinajstić information content (AvgIpc) is 3.11. The summed E-state index contributed by atoms with van der Waals surface area (Å²) in [6.07, 6.45) is 0. The lowest BCUT2D eigenvalue weighted by molar-refractivity contribution is -0.384. The van der Waals surface area contributed by atoms with E-state index >= 15 is 0 Å². The van der Waals surface area contributed by atoms with Crippen LogP contribution in [0.4, 0.5) is 5.69 Å². The van der Waals surface area contributed by atoms with Crippen LogP contribution in [-0.4, -0.2) is 34.7 Å². The van der Waals surface area contributed by atoms with Crippen molar-refractivity contribution in [1.29, 1.82) is 0 Å². The third-order valence-electron chi connectivity index (χ3n) is 4.09. The van der Waals surface area contributed by atoms with Gasteiger partial charge in [0.15, 0.2) is 0 Å². The molecule has 1 N–H and O–H groups in total. The van der Waals surface area contributed by atoms with Crippen molar-refractivity contribution < 1.29 is 28.3 Å². The normalized spacial score (nSPS) is 13.0. The van der Waals surface area contributed by atoms with Crippen molar-refractivity contribution >= 4 is 35.5 Å². The molecule has 2 aromatic carbocycles. The first-order valence-electron chi connectivity index (χ1n) is 8.57. The summed E-state index contributed by atoms with van der Waals surface area (Å²) >= 11 is 0. The van der Waals surface area contributed by atoms with Crippen molar-refractivity contribution in [3.05, 3.63) is 69.9 Å². The lowest BCUT2D eigenvalue weighted by Gasteiger charge is -2.10. The molecule has 29 heavy (non-hydrogen) atoms. The van der Waals surface area contributed by atoms with Gasteiger partial charge in [-0.2, -0.15) is 0 Å². The number of benzene rings is 2. The number of H-pyrrole nitrogens is 1. The second-order valence-electron chi connectivity index (χ2n) is 6.19. The van der Waals surface area contributed by atoms with E-state index in [2.05, 4.69) is 4.98 Å². The van der Waals surface area contributed by atoms with Crippen LogP contribution in [0.25, 0.3) is 10.9 Å². The predicted molar refractivity (Wildman–Crippen MR) is 106 cm³/mol. The first kappa shape index (κ1) is 20.4. The van der Waals surface area contributed by atoms with Crippen LogP contribution < -0.4 is 4.74 Å². The summed E-state index contributed by atoms with van der Waals surface area (Å²) in [6.45, 7) is 3.08. The van der Waals surface area contributed by atoms with Gasteiger partial charge in [0.25, 0.3) is 13.1 Å². The van der Waals surface area contributed by atoms with E-state index in [1.165, 1.54) is 49.1 Å². The van der Waals surface area contributed by atoms with Gasteiger partial charge in [0.2, 0.25) is 5.52 Å². The number of aromatic amines is 1. The molecule has 9 nitrogen and oxygen atoms in total. The fraction of sp³-hybridized carbons (Fsp3) is 0.158. The van der Waals surface area contributed by atoms with Crippen LogP contribution in [0, 0.1) is 10.1 Å². The molecule has 150 valence electrons. The molecule has 1 aromatic heterocycles. The Labute approximate surface area is 165 Å².